The first-order chi connectivity index (χ1) is 12.1. The van der Waals surface area contributed by atoms with Gasteiger partial charge in [-0.15, -0.1) is 0 Å². The SMILES string of the molecule is CCC1(CC)CC(=O)c2cc(-c3nc(-c4ccsc4)no3)ccc2N1. The minimum absolute atomic E-state index is 0.137. The average molecular weight is 353 g/mol. The maximum Gasteiger partial charge on any atom is 0.258 e. The number of thiophene rings is 1. The van der Waals surface area contributed by atoms with E-state index in [9.17, 15) is 4.79 Å². The number of nitrogens with zero attached hydrogens (tertiary/aromatic N) is 2. The summed E-state index contributed by atoms with van der Waals surface area (Å²) in [6.07, 6.45) is 2.36. The quantitative estimate of drug-likeness (QED) is 0.713. The molecule has 1 aliphatic rings. The fraction of sp³-hybridized carbons (Fsp3) is 0.316. The van der Waals surface area contributed by atoms with Crippen molar-refractivity contribution in [3.05, 3.63) is 40.6 Å². The van der Waals surface area contributed by atoms with Crippen molar-refractivity contribution in [2.24, 2.45) is 0 Å². The van der Waals surface area contributed by atoms with Crippen LogP contribution in [0.5, 0.6) is 0 Å². The van der Waals surface area contributed by atoms with E-state index < -0.39 is 0 Å². The number of hydrogen-bond acceptors (Lipinski definition) is 6. The molecule has 1 aromatic carbocycles. The van der Waals surface area contributed by atoms with Crippen LogP contribution in [0.25, 0.3) is 22.8 Å². The standard InChI is InChI=1S/C19H19N3O2S/c1-3-19(4-2)10-16(23)14-9-12(5-6-15(14)21-19)18-20-17(22-24-18)13-7-8-25-11-13/h5-9,11,21H,3-4,10H2,1-2H3. The second-order valence-corrected chi connectivity index (χ2v) is 7.19. The van der Waals surface area contributed by atoms with Crippen molar-refractivity contribution in [2.75, 3.05) is 5.32 Å². The van der Waals surface area contributed by atoms with Crippen LogP contribution >= 0.6 is 11.3 Å². The predicted octanol–water partition coefficient (Wildman–Crippen LogP) is 5.02. The molecule has 3 aromatic rings. The number of rotatable bonds is 4. The Hall–Kier alpha value is -2.47. The summed E-state index contributed by atoms with van der Waals surface area (Å²) in [5, 5.41) is 11.5. The highest BCUT2D eigenvalue weighted by Gasteiger charge is 2.35. The molecule has 0 saturated heterocycles. The molecule has 4 rings (SSSR count). The molecular weight excluding hydrogens is 334 g/mol. The molecule has 0 aliphatic carbocycles. The zero-order valence-electron chi connectivity index (χ0n) is 14.2. The van der Waals surface area contributed by atoms with E-state index in [-0.39, 0.29) is 11.3 Å². The Morgan fingerprint density at radius 3 is 2.80 bits per heavy atom. The van der Waals surface area contributed by atoms with Gasteiger partial charge < -0.3 is 9.84 Å². The number of nitrogens with one attached hydrogen (secondary N) is 1. The third kappa shape index (κ3) is 2.76. The summed E-state index contributed by atoms with van der Waals surface area (Å²) in [6.45, 7) is 4.24. The van der Waals surface area contributed by atoms with Gasteiger partial charge in [-0.1, -0.05) is 19.0 Å². The molecular formula is C19H19N3O2S. The van der Waals surface area contributed by atoms with Crippen molar-refractivity contribution in [3.63, 3.8) is 0 Å². The Labute approximate surface area is 150 Å². The van der Waals surface area contributed by atoms with Crippen LogP contribution in [0, 0.1) is 0 Å². The molecule has 128 valence electrons. The van der Waals surface area contributed by atoms with E-state index >= 15 is 0 Å². The third-order valence-electron chi connectivity index (χ3n) is 5.02. The van der Waals surface area contributed by atoms with Crippen molar-refractivity contribution < 1.29 is 9.32 Å². The van der Waals surface area contributed by atoms with Gasteiger partial charge in [0, 0.05) is 39.7 Å². The molecule has 0 bridgehead atoms. The van der Waals surface area contributed by atoms with E-state index in [0.717, 1.165) is 29.7 Å². The first-order valence-corrected chi connectivity index (χ1v) is 9.40. The monoisotopic (exact) mass is 353 g/mol. The average Bonchev–Trinajstić information content (AvgIpc) is 3.32. The summed E-state index contributed by atoms with van der Waals surface area (Å²) >= 11 is 1.59. The lowest BCUT2D eigenvalue weighted by molar-refractivity contribution is 0.0946. The van der Waals surface area contributed by atoms with Crippen LogP contribution in [-0.2, 0) is 0 Å². The zero-order valence-corrected chi connectivity index (χ0v) is 15.0. The summed E-state index contributed by atoms with van der Waals surface area (Å²) in [6, 6.07) is 7.67. The van der Waals surface area contributed by atoms with E-state index in [1.54, 1.807) is 11.3 Å². The van der Waals surface area contributed by atoms with Crippen molar-refractivity contribution in [2.45, 2.75) is 38.6 Å². The van der Waals surface area contributed by atoms with Gasteiger partial charge in [0.1, 0.15) is 0 Å². The normalized spacial score (nSPS) is 15.7. The molecule has 0 atom stereocenters. The van der Waals surface area contributed by atoms with Crippen molar-refractivity contribution >= 4 is 22.8 Å². The van der Waals surface area contributed by atoms with Gasteiger partial charge in [0.05, 0.1) is 0 Å². The smallest absolute Gasteiger partial charge is 0.258 e. The Bertz CT molecular complexity index is 911. The first-order valence-electron chi connectivity index (χ1n) is 8.46. The fourth-order valence-electron chi connectivity index (χ4n) is 3.28. The van der Waals surface area contributed by atoms with Crippen LogP contribution in [0.4, 0.5) is 5.69 Å². The van der Waals surface area contributed by atoms with Gasteiger partial charge >= 0.3 is 0 Å². The van der Waals surface area contributed by atoms with E-state index in [1.165, 1.54) is 0 Å². The van der Waals surface area contributed by atoms with Crippen molar-refractivity contribution in [1.29, 1.82) is 0 Å². The van der Waals surface area contributed by atoms with Crippen molar-refractivity contribution in [1.82, 2.24) is 10.1 Å². The number of aromatic nitrogens is 2. The molecule has 2 aromatic heterocycles. The number of Topliss-reactive ketones (excluding diaryl/α,β-unsaturated/α-hetero) is 1. The second kappa shape index (κ2) is 6.11. The highest BCUT2D eigenvalue weighted by Crippen LogP contribution is 2.37. The number of fused-ring (bicyclic) bond motifs is 1. The maximum atomic E-state index is 12.7. The molecule has 5 nitrogen and oxygen atoms in total. The summed E-state index contributed by atoms with van der Waals surface area (Å²) in [5.41, 5.74) is 3.16. The molecule has 1 N–H and O–H groups in total. The lowest BCUT2D eigenvalue weighted by Gasteiger charge is -2.38. The lowest BCUT2D eigenvalue weighted by atomic mass is 9.81. The summed E-state index contributed by atoms with van der Waals surface area (Å²) in [7, 11) is 0. The first kappa shape index (κ1) is 16.0. The summed E-state index contributed by atoms with van der Waals surface area (Å²) in [5.74, 6) is 1.16. The van der Waals surface area contributed by atoms with Crippen LogP contribution in [0.1, 0.15) is 43.5 Å². The van der Waals surface area contributed by atoms with Crippen molar-refractivity contribution in [3.8, 4) is 22.8 Å². The molecule has 1 aliphatic heterocycles. The van der Waals surface area contributed by atoms with E-state index in [4.69, 9.17) is 4.52 Å². The second-order valence-electron chi connectivity index (χ2n) is 6.41. The topological polar surface area (TPSA) is 68.0 Å². The number of benzene rings is 1. The van der Waals surface area contributed by atoms with Crippen LogP contribution in [0.3, 0.4) is 0 Å². The number of carbonyl (C=O) groups is 1. The minimum Gasteiger partial charge on any atom is -0.379 e. The van der Waals surface area contributed by atoms with E-state index in [1.807, 2.05) is 35.0 Å². The van der Waals surface area contributed by atoms with E-state index in [2.05, 4.69) is 29.3 Å². The minimum atomic E-state index is -0.137. The van der Waals surface area contributed by atoms with Crippen LogP contribution < -0.4 is 5.32 Å². The Morgan fingerprint density at radius 1 is 1.24 bits per heavy atom. The summed E-state index contributed by atoms with van der Waals surface area (Å²) < 4.78 is 5.40. The van der Waals surface area contributed by atoms with Gasteiger partial charge in [-0.2, -0.15) is 16.3 Å². The van der Waals surface area contributed by atoms with Gasteiger partial charge in [-0.25, -0.2) is 0 Å². The Kier molecular flexibility index (Phi) is 3.92. The Morgan fingerprint density at radius 2 is 2.08 bits per heavy atom. The fourth-order valence-corrected chi connectivity index (χ4v) is 3.91. The molecule has 0 radical (unpaired) electrons. The van der Waals surface area contributed by atoms with Gasteiger partial charge in [0.15, 0.2) is 5.78 Å². The molecule has 0 saturated carbocycles. The molecule has 0 fully saturated rings. The van der Waals surface area contributed by atoms with Gasteiger partial charge in [0.2, 0.25) is 5.82 Å². The highest BCUT2D eigenvalue weighted by molar-refractivity contribution is 7.08. The van der Waals surface area contributed by atoms with E-state index in [0.29, 0.717) is 23.7 Å². The van der Waals surface area contributed by atoms with Gasteiger partial charge in [0.25, 0.3) is 5.89 Å². The number of carbonyl (C=O) groups excluding carboxylic acids is 1. The van der Waals surface area contributed by atoms with Gasteiger partial charge in [-0.05, 0) is 42.5 Å². The van der Waals surface area contributed by atoms with Gasteiger partial charge in [-0.3, -0.25) is 4.79 Å². The van der Waals surface area contributed by atoms with Crippen LogP contribution in [0.2, 0.25) is 0 Å². The number of hydrogen-bond donors (Lipinski definition) is 1. The molecule has 6 heteroatoms. The predicted molar refractivity (Wildman–Crippen MR) is 98.9 cm³/mol. The summed E-state index contributed by atoms with van der Waals surface area (Å²) in [4.78, 5) is 17.1. The lowest BCUT2D eigenvalue weighted by Crippen LogP contribution is -2.43. The molecule has 3 heterocycles. The zero-order chi connectivity index (χ0) is 17.4. The Balaban J connectivity index is 1.69. The molecule has 0 spiro atoms. The largest absolute Gasteiger partial charge is 0.379 e. The number of ketones is 1. The molecule has 25 heavy (non-hydrogen) atoms. The third-order valence-corrected chi connectivity index (χ3v) is 5.71. The highest BCUT2D eigenvalue weighted by atomic mass is 32.1. The number of anilines is 1. The van der Waals surface area contributed by atoms with Crippen LogP contribution in [-0.4, -0.2) is 21.5 Å². The van der Waals surface area contributed by atoms with Crippen LogP contribution in [0.15, 0.2) is 39.5 Å². The molecule has 0 amide bonds. The maximum absolute atomic E-state index is 12.7. The molecule has 0 unspecified atom stereocenters.